The van der Waals surface area contributed by atoms with Gasteiger partial charge in [0.15, 0.2) is 0 Å². The number of hydrogen-bond acceptors (Lipinski definition) is 3. The highest BCUT2D eigenvalue weighted by molar-refractivity contribution is 6.31. The molecule has 0 spiro atoms. The lowest BCUT2D eigenvalue weighted by Gasteiger charge is -2.28. The molecule has 18 heavy (non-hydrogen) atoms. The normalized spacial score (nSPS) is 24.1. The van der Waals surface area contributed by atoms with Crippen molar-refractivity contribution in [3.63, 3.8) is 0 Å². The van der Waals surface area contributed by atoms with E-state index >= 15 is 0 Å². The maximum Gasteiger partial charge on any atom is 0.123 e. The van der Waals surface area contributed by atoms with Gasteiger partial charge in [0.05, 0.1) is 23.4 Å². The Morgan fingerprint density at radius 3 is 3.06 bits per heavy atom. The Morgan fingerprint density at radius 2 is 2.28 bits per heavy atom. The molecule has 2 unspecified atom stereocenters. The predicted octanol–water partition coefficient (Wildman–Crippen LogP) is 3.80. The van der Waals surface area contributed by atoms with Gasteiger partial charge in [-0.25, -0.2) is 4.98 Å². The maximum absolute atomic E-state index is 6.07. The first-order valence-electron chi connectivity index (χ1n) is 6.71. The third kappa shape index (κ3) is 3.59. The van der Waals surface area contributed by atoms with Gasteiger partial charge < -0.3 is 10.5 Å². The third-order valence-electron chi connectivity index (χ3n) is 3.71. The van der Waals surface area contributed by atoms with Gasteiger partial charge in [0.1, 0.15) is 5.82 Å². The van der Waals surface area contributed by atoms with Gasteiger partial charge in [0.2, 0.25) is 0 Å². The van der Waals surface area contributed by atoms with Crippen LogP contribution in [0.15, 0.2) is 12.1 Å². The lowest BCUT2D eigenvalue weighted by atomic mass is 9.85. The molecular weight excluding hydrogens is 248 g/mol. The summed E-state index contributed by atoms with van der Waals surface area (Å²) in [4.78, 5) is 4.22. The number of ether oxygens (including phenoxy) is 1. The second kappa shape index (κ2) is 6.39. The van der Waals surface area contributed by atoms with Crippen LogP contribution in [0.25, 0.3) is 0 Å². The fourth-order valence-electron chi connectivity index (χ4n) is 2.56. The standard InChI is InChI=1S/C14H21ClN2O/c1-2-10-4-3-5-11(8-10)18-9-13-12(15)6-7-14(16)17-13/h6-7,10-11H,2-5,8-9H2,1H3,(H2,16,17). The summed E-state index contributed by atoms with van der Waals surface area (Å²) in [6.07, 6.45) is 6.52. The number of pyridine rings is 1. The molecule has 1 aromatic rings. The Labute approximate surface area is 114 Å². The average molecular weight is 269 g/mol. The van der Waals surface area contributed by atoms with Crippen molar-refractivity contribution in [2.45, 2.75) is 51.7 Å². The minimum absolute atomic E-state index is 0.350. The zero-order valence-electron chi connectivity index (χ0n) is 10.9. The zero-order chi connectivity index (χ0) is 13.0. The van der Waals surface area contributed by atoms with E-state index < -0.39 is 0 Å². The first kappa shape index (κ1) is 13.6. The minimum Gasteiger partial charge on any atom is -0.384 e. The fraction of sp³-hybridized carbons (Fsp3) is 0.643. The highest BCUT2D eigenvalue weighted by Crippen LogP contribution is 2.29. The van der Waals surface area contributed by atoms with Crippen molar-refractivity contribution in [2.24, 2.45) is 5.92 Å². The Morgan fingerprint density at radius 1 is 1.44 bits per heavy atom. The molecule has 2 atom stereocenters. The summed E-state index contributed by atoms with van der Waals surface area (Å²) in [5, 5.41) is 0.632. The molecule has 1 aliphatic carbocycles. The number of halogens is 1. The second-order valence-corrected chi connectivity index (χ2v) is 5.45. The van der Waals surface area contributed by atoms with E-state index in [4.69, 9.17) is 22.1 Å². The molecule has 3 nitrogen and oxygen atoms in total. The monoisotopic (exact) mass is 268 g/mol. The highest BCUT2D eigenvalue weighted by atomic mass is 35.5. The number of nitrogen functional groups attached to an aromatic ring is 1. The van der Waals surface area contributed by atoms with Gasteiger partial charge >= 0.3 is 0 Å². The van der Waals surface area contributed by atoms with Crippen LogP contribution in [-0.2, 0) is 11.3 Å². The van der Waals surface area contributed by atoms with Gasteiger partial charge in [-0.1, -0.05) is 37.8 Å². The molecule has 2 rings (SSSR count). The second-order valence-electron chi connectivity index (χ2n) is 5.04. The topological polar surface area (TPSA) is 48.1 Å². The van der Waals surface area contributed by atoms with Crippen LogP contribution in [0, 0.1) is 5.92 Å². The number of aromatic nitrogens is 1. The Hall–Kier alpha value is -0.800. The van der Waals surface area contributed by atoms with E-state index in [9.17, 15) is 0 Å². The van der Waals surface area contributed by atoms with Crippen LogP contribution in [0.5, 0.6) is 0 Å². The predicted molar refractivity (Wildman–Crippen MR) is 74.5 cm³/mol. The maximum atomic E-state index is 6.07. The van der Waals surface area contributed by atoms with Crippen molar-refractivity contribution >= 4 is 17.4 Å². The molecule has 2 N–H and O–H groups in total. The Kier molecular flexibility index (Phi) is 4.84. The molecule has 0 aromatic carbocycles. The molecule has 1 fully saturated rings. The average Bonchev–Trinajstić information content (AvgIpc) is 2.40. The van der Waals surface area contributed by atoms with Gasteiger partial charge in [-0.15, -0.1) is 0 Å². The Balaban J connectivity index is 1.89. The number of nitrogens with zero attached hydrogens (tertiary/aromatic N) is 1. The van der Waals surface area contributed by atoms with Crippen molar-refractivity contribution in [3.8, 4) is 0 Å². The molecule has 0 aliphatic heterocycles. The molecule has 0 saturated heterocycles. The summed E-state index contributed by atoms with van der Waals surface area (Å²) in [6, 6.07) is 3.48. The van der Waals surface area contributed by atoms with E-state index in [1.807, 2.05) is 0 Å². The van der Waals surface area contributed by atoms with Crippen LogP contribution < -0.4 is 5.73 Å². The highest BCUT2D eigenvalue weighted by Gasteiger charge is 2.21. The van der Waals surface area contributed by atoms with Crippen molar-refractivity contribution in [3.05, 3.63) is 22.8 Å². The Bertz CT molecular complexity index is 397. The summed E-state index contributed by atoms with van der Waals surface area (Å²) >= 11 is 6.07. The third-order valence-corrected chi connectivity index (χ3v) is 4.05. The summed E-state index contributed by atoms with van der Waals surface area (Å²) in [5.74, 6) is 1.31. The van der Waals surface area contributed by atoms with E-state index in [-0.39, 0.29) is 0 Å². The quantitative estimate of drug-likeness (QED) is 0.903. The summed E-state index contributed by atoms with van der Waals surface area (Å²) < 4.78 is 5.93. The molecule has 0 amide bonds. The minimum atomic E-state index is 0.350. The first-order chi connectivity index (χ1) is 8.69. The molecule has 0 radical (unpaired) electrons. The van der Waals surface area contributed by atoms with Gasteiger partial charge in [-0.05, 0) is 30.9 Å². The van der Waals surface area contributed by atoms with Crippen LogP contribution in [-0.4, -0.2) is 11.1 Å². The van der Waals surface area contributed by atoms with E-state index in [0.29, 0.717) is 23.6 Å². The van der Waals surface area contributed by atoms with Crippen LogP contribution >= 0.6 is 11.6 Å². The van der Waals surface area contributed by atoms with Crippen LogP contribution in [0.2, 0.25) is 5.02 Å². The van der Waals surface area contributed by atoms with Gasteiger partial charge in [0, 0.05) is 0 Å². The van der Waals surface area contributed by atoms with E-state index in [1.54, 1.807) is 12.1 Å². The van der Waals surface area contributed by atoms with E-state index in [2.05, 4.69) is 11.9 Å². The lowest BCUT2D eigenvalue weighted by Crippen LogP contribution is -2.22. The van der Waals surface area contributed by atoms with Crippen molar-refractivity contribution in [1.29, 1.82) is 0 Å². The summed E-state index contributed by atoms with van der Waals surface area (Å²) in [5.41, 5.74) is 6.40. The number of nitrogens with two attached hydrogens (primary N) is 1. The SMILES string of the molecule is CCC1CCCC(OCc2nc(N)ccc2Cl)C1. The molecule has 100 valence electrons. The van der Waals surface area contributed by atoms with Crippen LogP contribution in [0.1, 0.15) is 44.7 Å². The molecule has 1 heterocycles. The van der Waals surface area contributed by atoms with Crippen LogP contribution in [0.3, 0.4) is 0 Å². The summed E-state index contributed by atoms with van der Waals surface area (Å²) in [7, 11) is 0. The van der Waals surface area contributed by atoms with E-state index in [1.165, 1.54) is 19.3 Å². The molecule has 1 aromatic heterocycles. The van der Waals surface area contributed by atoms with Gasteiger partial charge in [-0.3, -0.25) is 0 Å². The number of rotatable bonds is 4. The molecular formula is C14H21ClN2O. The van der Waals surface area contributed by atoms with Crippen molar-refractivity contribution in [2.75, 3.05) is 5.73 Å². The van der Waals surface area contributed by atoms with Crippen molar-refractivity contribution in [1.82, 2.24) is 4.98 Å². The van der Waals surface area contributed by atoms with Crippen LogP contribution in [0.4, 0.5) is 5.82 Å². The molecule has 0 bridgehead atoms. The smallest absolute Gasteiger partial charge is 0.123 e. The largest absolute Gasteiger partial charge is 0.384 e. The first-order valence-corrected chi connectivity index (χ1v) is 7.09. The fourth-order valence-corrected chi connectivity index (χ4v) is 2.72. The van der Waals surface area contributed by atoms with Gasteiger partial charge in [-0.2, -0.15) is 0 Å². The van der Waals surface area contributed by atoms with E-state index in [0.717, 1.165) is 24.5 Å². The van der Waals surface area contributed by atoms with Gasteiger partial charge in [0.25, 0.3) is 0 Å². The van der Waals surface area contributed by atoms with Crippen molar-refractivity contribution < 1.29 is 4.74 Å². The molecule has 4 heteroatoms. The molecule has 1 aliphatic rings. The molecule has 1 saturated carbocycles. The number of anilines is 1. The summed E-state index contributed by atoms with van der Waals surface area (Å²) in [6.45, 7) is 2.72. The zero-order valence-corrected chi connectivity index (χ0v) is 11.6. The lowest BCUT2D eigenvalue weighted by molar-refractivity contribution is 0.000434. The number of hydrogen-bond donors (Lipinski definition) is 1.